The molecule has 0 spiro atoms. The molecule has 0 bridgehead atoms. The lowest BCUT2D eigenvalue weighted by Gasteiger charge is -2.16. The smallest absolute Gasteiger partial charge is 0.269 e. The number of sulfone groups is 1. The summed E-state index contributed by atoms with van der Waals surface area (Å²) < 4.78 is 24.4. The minimum Gasteiger partial charge on any atom is -0.392 e. The van der Waals surface area contributed by atoms with Crippen LogP contribution in [0.3, 0.4) is 0 Å². The molecule has 8 nitrogen and oxygen atoms in total. The molecule has 138 valence electrons. The van der Waals surface area contributed by atoms with Crippen molar-refractivity contribution in [1.29, 1.82) is 0 Å². The number of carbonyl (C=O) groups is 1. The monoisotopic (exact) mass is 370 g/mol. The molecule has 1 aliphatic heterocycles. The molecule has 1 aromatic rings. The third-order valence-corrected chi connectivity index (χ3v) is 6.02. The quantitative estimate of drug-likeness (QED) is 0.547. The van der Waals surface area contributed by atoms with Crippen molar-refractivity contribution in [3.8, 4) is 0 Å². The fraction of sp³-hybridized carbons (Fsp3) is 0.562. The van der Waals surface area contributed by atoms with Gasteiger partial charge < -0.3 is 10.0 Å². The lowest BCUT2D eigenvalue weighted by molar-refractivity contribution is -0.384. The molecular weight excluding hydrogens is 348 g/mol. The number of rotatable bonds is 8. The van der Waals surface area contributed by atoms with Crippen LogP contribution in [0.1, 0.15) is 32.1 Å². The van der Waals surface area contributed by atoms with Gasteiger partial charge in [-0.1, -0.05) is 0 Å². The predicted octanol–water partition coefficient (Wildman–Crippen LogP) is 1.52. The van der Waals surface area contributed by atoms with E-state index in [4.69, 9.17) is 0 Å². The van der Waals surface area contributed by atoms with Crippen LogP contribution in [-0.4, -0.2) is 54.2 Å². The number of aliphatic hydroxyl groups is 1. The van der Waals surface area contributed by atoms with Crippen molar-refractivity contribution in [2.45, 2.75) is 43.1 Å². The topological polar surface area (TPSA) is 118 Å². The van der Waals surface area contributed by atoms with Gasteiger partial charge in [-0.25, -0.2) is 8.42 Å². The zero-order chi connectivity index (χ0) is 18.4. The van der Waals surface area contributed by atoms with Crippen molar-refractivity contribution in [3.63, 3.8) is 0 Å². The van der Waals surface area contributed by atoms with Gasteiger partial charge in [-0.15, -0.1) is 0 Å². The molecule has 1 aliphatic rings. The Bertz CT molecular complexity index is 711. The van der Waals surface area contributed by atoms with Crippen LogP contribution in [0.25, 0.3) is 0 Å². The van der Waals surface area contributed by atoms with Crippen LogP contribution in [0.15, 0.2) is 29.2 Å². The Hall–Kier alpha value is -2.00. The molecule has 1 N–H and O–H groups in total. The number of aliphatic hydroxyl groups excluding tert-OH is 1. The number of benzene rings is 1. The lowest BCUT2D eigenvalue weighted by Crippen LogP contribution is -2.28. The number of nitro groups is 1. The molecule has 1 aromatic carbocycles. The fourth-order valence-electron chi connectivity index (χ4n) is 2.82. The van der Waals surface area contributed by atoms with E-state index in [2.05, 4.69) is 0 Å². The molecule has 0 radical (unpaired) electrons. The standard InChI is InChI=1S/C16H22N2O6S/c19-14(4-3-5-16(20)17-10-1-2-11-17)12-25(23,24)15-8-6-13(7-9-15)18(21)22/h6-9,14,19H,1-5,10-12H2. The first kappa shape index (κ1) is 19.3. The lowest BCUT2D eigenvalue weighted by atomic mass is 10.1. The summed E-state index contributed by atoms with van der Waals surface area (Å²) in [5, 5.41) is 20.5. The molecule has 0 aliphatic carbocycles. The van der Waals surface area contributed by atoms with Crippen molar-refractivity contribution in [2.75, 3.05) is 18.8 Å². The van der Waals surface area contributed by atoms with E-state index in [9.17, 15) is 28.4 Å². The van der Waals surface area contributed by atoms with Gasteiger partial charge >= 0.3 is 0 Å². The maximum Gasteiger partial charge on any atom is 0.269 e. The van der Waals surface area contributed by atoms with Crippen molar-refractivity contribution in [3.05, 3.63) is 34.4 Å². The summed E-state index contributed by atoms with van der Waals surface area (Å²) in [6.45, 7) is 1.55. The first-order chi connectivity index (χ1) is 11.8. The van der Waals surface area contributed by atoms with Gasteiger partial charge in [0, 0.05) is 31.6 Å². The molecule has 1 heterocycles. The summed E-state index contributed by atoms with van der Waals surface area (Å²) in [4.78, 5) is 23.6. The van der Waals surface area contributed by atoms with Gasteiger partial charge in [-0.05, 0) is 37.8 Å². The van der Waals surface area contributed by atoms with Crippen LogP contribution in [-0.2, 0) is 14.6 Å². The number of likely N-dealkylation sites (tertiary alicyclic amines) is 1. The highest BCUT2D eigenvalue weighted by Crippen LogP contribution is 2.19. The Kier molecular flexibility index (Phi) is 6.49. The molecule has 0 aromatic heterocycles. The summed E-state index contributed by atoms with van der Waals surface area (Å²) in [6, 6.07) is 4.57. The van der Waals surface area contributed by atoms with Crippen molar-refractivity contribution < 1.29 is 23.2 Å². The average Bonchev–Trinajstić information content (AvgIpc) is 3.09. The molecule has 9 heteroatoms. The summed E-state index contributed by atoms with van der Waals surface area (Å²) in [5.41, 5.74) is -0.195. The molecule has 25 heavy (non-hydrogen) atoms. The molecular formula is C16H22N2O6S. The van der Waals surface area contributed by atoms with Crippen LogP contribution < -0.4 is 0 Å². The first-order valence-electron chi connectivity index (χ1n) is 8.22. The highest BCUT2D eigenvalue weighted by atomic mass is 32.2. The second kappa shape index (κ2) is 8.39. The van der Waals surface area contributed by atoms with E-state index in [-0.39, 0.29) is 22.9 Å². The summed E-state index contributed by atoms with van der Waals surface area (Å²) in [7, 11) is -3.74. The Morgan fingerprint density at radius 1 is 1.24 bits per heavy atom. The van der Waals surface area contributed by atoms with Crippen LogP contribution in [0.5, 0.6) is 0 Å². The third kappa shape index (κ3) is 5.50. The molecule has 1 atom stereocenters. The number of hydrogen-bond acceptors (Lipinski definition) is 6. The second-order valence-electron chi connectivity index (χ2n) is 6.17. The van der Waals surface area contributed by atoms with Crippen LogP contribution in [0.4, 0.5) is 5.69 Å². The van der Waals surface area contributed by atoms with Gasteiger partial charge in [-0.2, -0.15) is 0 Å². The number of amides is 1. The molecule has 1 amide bonds. The van der Waals surface area contributed by atoms with Crippen LogP contribution in [0, 0.1) is 10.1 Å². The molecule has 2 rings (SSSR count). The van der Waals surface area contributed by atoms with E-state index < -0.39 is 26.6 Å². The normalized spacial score (nSPS) is 16.0. The van der Waals surface area contributed by atoms with Crippen LogP contribution >= 0.6 is 0 Å². The Labute approximate surface area is 146 Å². The number of hydrogen-bond donors (Lipinski definition) is 1. The Morgan fingerprint density at radius 2 is 1.84 bits per heavy atom. The predicted molar refractivity (Wildman–Crippen MR) is 90.8 cm³/mol. The number of nitro benzene ring substituents is 1. The SMILES string of the molecule is O=C(CCCC(O)CS(=O)(=O)c1ccc([N+](=O)[O-])cc1)N1CCCC1. The zero-order valence-electron chi connectivity index (χ0n) is 13.8. The molecule has 1 saturated heterocycles. The maximum absolute atomic E-state index is 12.2. The van der Waals surface area contributed by atoms with Crippen molar-refractivity contribution >= 4 is 21.4 Å². The van der Waals surface area contributed by atoms with Gasteiger partial charge in [0.15, 0.2) is 9.84 Å². The summed E-state index contributed by atoms with van der Waals surface area (Å²) in [5.74, 6) is -0.425. The fourth-order valence-corrected chi connectivity index (χ4v) is 4.24. The van der Waals surface area contributed by atoms with E-state index in [1.165, 1.54) is 0 Å². The summed E-state index contributed by atoms with van der Waals surface area (Å²) >= 11 is 0. The zero-order valence-corrected chi connectivity index (χ0v) is 14.7. The Morgan fingerprint density at radius 3 is 2.40 bits per heavy atom. The minimum atomic E-state index is -3.74. The van der Waals surface area contributed by atoms with Gasteiger partial charge in [0.05, 0.1) is 21.7 Å². The van der Waals surface area contributed by atoms with Crippen molar-refractivity contribution in [2.24, 2.45) is 0 Å². The van der Waals surface area contributed by atoms with Gasteiger partial charge in [-0.3, -0.25) is 14.9 Å². The van der Waals surface area contributed by atoms with Crippen molar-refractivity contribution in [1.82, 2.24) is 4.90 Å². The van der Waals surface area contributed by atoms with Gasteiger partial charge in [0.1, 0.15) is 0 Å². The van der Waals surface area contributed by atoms with E-state index in [1.54, 1.807) is 4.90 Å². The average molecular weight is 370 g/mol. The number of nitrogens with zero attached hydrogens (tertiary/aromatic N) is 2. The molecule has 1 fully saturated rings. The minimum absolute atomic E-state index is 0.0444. The molecule has 1 unspecified atom stereocenters. The van der Waals surface area contributed by atoms with Gasteiger partial charge in [0.2, 0.25) is 5.91 Å². The first-order valence-corrected chi connectivity index (χ1v) is 9.88. The second-order valence-corrected chi connectivity index (χ2v) is 8.20. The number of carbonyl (C=O) groups excluding carboxylic acids is 1. The van der Waals surface area contributed by atoms with Gasteiger partial charge in [0.25, 0.3) is 5.69 Å². The highest BCUT2D eigenvalue weighted by molar-refractivity contribution is 7.91. The highest BCUT2D eigenvalue weighted by Gasteiger charge is 2.22. The molecule has 0 saturated carbocycles. The van der Waals surface area contributed by atoms with Crippen LogP contribution in [0.2, 0.25) is 0 Å². The Balaban J connectivity index is 1.82. The van der Waals surface area contributed by atoms with E-state index in [0.29, 0.717) is 12.8 Å². The largest absolute Gasteiger partial charge is 0.392 e. The van der Waals surface area contributed by atoms with E-state index >= 15 is 0 Å². The number of non-ortho nitro benzene ring substituents is 1. The third-order valence-electron chi connectivity index (χ3n) is 4.21. The maximum atomic E-state index is 12.2. The van der Waals surface area contributed by atoms with E-state index in [1.807, 2.05) is 0 Å². The van der Waals surface area contributed by atoms with E-state index in [0.717, 1.165) is 50.2 Å². The summed E-state index contributed by atoms with van der Waals surface area (Å²) in [6.07, 6.45) is 1.89.